The topological polar surface area (TPSA) is 103 Å². The molecule has 33 heavy (non-hydrogen) atoms. The van der Waals surface area contributed by atoms with Crippen LogP contribution in [0.1, 0.15) is 17.0 Å². The zero-order valence-corrected chi connectivity index (χ0v) is 19.0. The van der Waals surface area contributed by atoms with Gasteiger partial charge in [-0.15, -0.1) is 0 Å². The molecule has 0 spiro atoms. The number of ether oxygens (including phenoxy) is 2. The van der Waals surface area contributed by atoms with Gasteiger partial charge in [0, 0.05) is 26.5 Å². The van der Waals surface area contributed by atoms with Crippen molar-refractivity contribution in [2.75, 3.05) is 26.8 Å². The SMILES string of the molecule is Cc1nn(C)c2c1/C=C/c1[nH]nc3ccc(cc13)-c1cnn(C)c1OCCN(C)C(=O)CO2. The van der Waals surface area contributed by atoms with E-state index in [1.807, 2.05) is 38.3 Å². The quantitative estimate of drug-likeness (QED) is 0.444. The van der Waals surface area contributed by atoms with E-state index in [4.69, 9.17) is 9.47 Å². The molecule has 10 heteroatoms. The van der Waals surface area contributed by atoms with Crippen LogP contribution in [0.3, 0.4) is 0 Å². The van der Waals surface area contributed by atoms with E-state index in [1.54, 1.807) is 34.6 Å². The second-order valence-electron chi connectivity index (χ2n) is 8.07. The number of rotatable bonds is 0. The van der Waals surface area contributed by atoms with Crippen LogP contribution in [0, 0.1) is 6.92 Å². The maximum atomic E-state index is 12.6. The van der Waals surface area contributed by atoms with Gasteiger partial charge in [0.25, 0.3) is 5.91 Å². The number of aromatic nitrogens is 6. The Hall–Kier alpha value is -4.08. The van der Waals surface area contributed by atoms with Crippen molar-refractivity contribution < 1.29 is 14.3 Å². The third-order valence-corrected chi connectivity index (χ3v) is 5.83. The van der Waals surface area contributed by atoms with Gasteiger partial charge in [-0.05, 0) is 36.8 Å². The molecule has 4 aromatic rings. The third-order valence-electron chi connectivity index (χ3n) is 5.83. The fraction of sp³-hybridized carbons (Fsp3) is 0.304. The van der Waals surface area contributed by atoms with Gasteiger partial charge < -0.3 is 14.4 Å². The van der Waals surface area contributed by atoms with E-state index in [1.165, 1.54) is 0 Å². The second kappa shape index (κ2) is 8.12. The molecule has 1 amide bonds. The summed E-state index contributed by atoms with van der Waals surface area (Å²) in [7, 11) is 5.37. The van der Waals surface area contributed by atoms with Crippen molar-refractivity contribution in [3.63, 3.8) is 0 Å². The van der Waals surface area contributed by atoms with Crippen molar-refractivity contribution in [3.05, 3.63) is 41.3 Å². The number of amides is 1. The molecular formula is C23H25N7O3. The van der Waals surface area contributed by atoms with Crippen LogP contribution in [-0.4, -0.2) is 67.4 Å². The number of benzene rings is 1. The number of carbonyl (C=O) groups is 1. The highest BCUT2D eigenvalue weighted by atomic mass is 16.5. The smallest absolute Gasteiger partial charge is 0.260 e. The molecule has 3 aromatic heterocycles. The number of aromatic amines is 1. The van der Waals surface area contributed by atoms with Crippen LogP contribution in [0.5, 0.6) is 11.8 Å². The van der Waals surface area contributed by atoms with Crippen LogP contribution >= 0.6 is 0 Å². The molecule has 0 saturated heterocycles. The second-order valence-corrected chi connectivity index (χ2v) is 8.07. The Morgan fingerprint density at radius 1 is 1.06 bits per heavy atom. The fourth-order valence-corrected chi connectivity index (χ4v) is 3.95. The van der Waals surface area contributed by atoms with Crippen molar-refractivity contribution in [1.82, 2.24) is 34.7 Å². The standard InChI is InChI=1S/C23H25N7O3/c1-14-16-6-8-20-17-11-15(5-7-19(17)25-26-20)18-12-24-29(3)23(18)32-10-9-28(2)21(31)13-33-22(16)30(4)27-14/h5-8,11-12H,9-10,13H2,1-4H3,(H,25,26)/b8-6+. The minimum absolute atomic E-state index is 0.0949. The average molecular weight is 447 g/mol. The first kappa shape index (κ1) is 20.8. The van der Waals surface area contributed by atoms with Gasteiger partial charge in [0.05, 0.1) is 40.8 Å². The highest BCUT2D eigenvalue weighted by Crippen LogP contribution is 2.33. The number of H-pyrrole nitrogens is 1. The lowest BCUT2D eigenvalue weighted by Gasteiger charge is -2.18. The molecule has 1 aromatic carbocycles. The molecule has 1 aliphatic rings. The molecule has 0 aliphatic carbocycles. The lowest BCUT2D eigenvalue weighted by Crippen LogP contribution is -2.34. The lowest BCUT2D eigenvalue weighted by molar-refractivity contribution is -0.132. The molecule has 0 unspecified atom stereocenters. The Morgan fingerprint density at radius 2 is 1.91 bits per heavy atom. The molecule has 0 atom stereocenters. The van der Waals surface area contributed by atoms with Gasteiger partial charge in [-0.3, -0.25) is 9.89 Å². The summed E-state index contributed by atoms with van der Waals surface area (Å²) < 4.78 is 15.3. The minimum Gasteiger partial charge on any atom is -0.476 e. The fourth-order valence-electron chi connectivity index (χ4n) is 3.95. The predicted molar refractivity (Wildman–Crippen MR) is 124 cm³/mol. The maximum Gasteiger partial charge on any atom is 0.260 e. The van der Waals surface area contributed by atoms with E-state index < -0.39 is 0 Å². The van der Waals surface area contributed by atoms with Gasteiger partial charge >= 0.3 is 0 Å². The van der Waals surface area contributed by atoms with Crippen LogP contribution in [0.4, 0.5) is 0 Å². The first-order valence-electron chi connectivity index (χ1n) is 10.6. The van der Waals surface area contributed by atoms with Crippen molar-refractivity contribution >= 4 is 29.0 Å². The van der Waals surface area contributed by atoms with Crippen LogP contribution in [0.15, 0.2) is 24.4 Å². The Balaban J connectivity index is 1.64. The van der Waals surface area contributed by atoms with Crippen molar-refractivity contribution in [2.24, 2.45) is 14.1 Å². The van der Waals surface area contributed by atoms with E-state index in [0.29, 0.717) is 24.9 Å². The molecule has 0 radical (unpaired) electrons. The van der Waals surface area contributed by atoms with E-state index in [-0.39, 0.29) is 12.5 Å². The van der Waals surface area contributed by atoms with Gasteiger partial charge in [0.15, 0.2) is 6.61 Å². The van der Waals surface area contributed by atoms with Gasteiger partial charge in [0.2, 0.25) is 11.8 Å². The van der Waals surface area contributed by atoms with E-state index in [9.17, 15) is 4.79 Å². The average Bonchev–Trinajstić information content (AvgIpc) is 3.45. The van der Waals surface area contributed by atoms with E-state index >= 15 is 0 Å². The monoisotopic (exact) mass is 447 g/mol. The molecular weight excluding hydrogens is 422 g/mol. The summed E-state index contributed by atoms with van der Waals surface area (Å²) in [6.45, 7) is 2.55. The van der Waals surface area contributed by atoms with Crippen molar-refractivity contribution in [1.29, 1.82) is 0 Å². The zero-order chi connectivity index (χ0) is 23.1. The van der Waals surface area contributed by atoms with E-state index in [2.05, 4.69) is 26.5 Å². The van der Waals surface area contributed by atoms with Crippen molar-refractivity contribution in [3.8, 4) is 22.9 Å². The summed E-state index contributed by atoms with van der Waals surface area (Å²) in [5.74, 6) is 1.03. The van der Waals surface area contributed by atoms with E-state index in [0.717, 1.165) is 39.0 Å². The van der Waals surface area contributed by atoms with Crippen LogP contribution < -0.4 is 9.47 Å². The van der Waals surface area contributed by atoms with Gasteiger partial charge in [-0.25, -0.2) is 9.36 Å². The Labute approximate surface area is 190 Å². The minimum atomic E-state index is -0.149. The first-order chi connectivity index (χ1) is 15.9. The number of nitrogens with zero attached hydrogens (tertiary/aromatic N) is 6. The molecule has 2 bridgehead atoms. The molecule has 4 heterocycles. The first-order valence-corrected chi connectivity index (χ1v) is 10.6. The highest BCUT2D eigenvalue weighted by molar-refractivity contribution is 5.93. The molecule has 0 saturated carbocycles. The van der Waals surface area contributed by atoms with Gasteiger partial charge in [-0.1, -0.05) is 6.07 Å². The van der Waals surface area contributed by atoms with Crippen LogP contribution in [-0.2, 0) is 18.9 Å². The van der Waals surface area contributed by atoms with Crippen LogP contribution in [0.25, 0.3) is 34.2 Å². The van der Waals surface area contributed by atoms with Crippen LogP contribution in [0.2, 0.25) is 0 Å². The molecule has 5 rings (SSSR count). The van der Waals surface area contributed by atoms with Crippen molar-refractivity contribution in [2.45, 2.75) is 6.92 Å². The number of likely N-dealkylation sites (N-methyl/N-ethyl adjacent to an activating group) is 1. The third kappa shape index (κ3) is 3.73. The Bertz CT molecular complexity index is 1380. The molecule has 0 fully saturated rings. The summed E-state index contributed by atoms with van der Waals surface area (Å²) in [6.07, 6.45) is 5.67. The number of carbonyl (C=O) groups excluding carboxylic acids is 1. The largest absolute Gasteiger partial charge is 0.476 e. The molecule has 1 N–H and O–H groups in total. The number of fused-ring (bicyclic) bond motifs is 4. The summed E-state index contributed by atoms with van der Waals surface area (Å²) in [4.78, 5) is 14.2. The molecule has 10 nitrogen and oxygen atoms in total. The normalized spacial score (nSPS) is 15.6. The number of aryl methyl sites for hydroxylation is 3. The predicted octanol–water partition coefficient (Wildman–Crippen LogP) is 2.41. The summed E-state index contributed by atoms with van der Waals surface area (Å²) in [5, 5.41) is 17.3. The zero-order valence-electron chi connectivity index (χ0n) is 19.0. The Kier molecular flexibility index (Phi) is 5.12. The lowest BCUT2D eigenvalue weighted by atomic mass is 10.1. The number of hydrogen-bond acceptors (Lipinski definition) is 6. The number of nitrogens with one attached hydrogen (secondary N) is 1. The summed E-state index contributed by atoms with van der Waals surface area (Å²) >= 11 is 0. The molecule has 170 valence electrons. The Morgan fingerprint density at radius 3 is 2.76 bits per heavy atom. The highest BCUT2D eigenvalue weighted by Gasteiger charge is 2.18. The molecule has 1 aliphatic heterocycles. The van der Waals surface area contributed by atoms with Gasteiger partial charge in [0.1, 0.15) is 6.61 Å². The summed E-state index contributed by atoms with van der Waals surface area (Å²) in [5.41, 5.74) is 5.18. The number of hydrogen-bond donors (Lipinski definition) is 1. The van der Waals surface area contributed by atoms with Gasteiger partial charge in [-0.2, -0.15) is 15.3 Å². The maximum absolute atomic E-state index is 12.6. The summed E-state index contributed by atoms with van der Waals surface area (Å²) in [6, 6.07) is 6.05.